The van der Waals surface area contributed by atoms with E-state index in [9.17, 15) is 66.9 Å². The second-order valence-corrected chi connectivity index (χ2v) is 16.0. The molecule has 0 amide bonds. The molecule has 5 aromatic rings. The molecule has 32 heteroatoms. The van der Waals surface area contributed by atoms with Crippen molar-refractivity contribution in [3.05, 3.63) is 71.5 Å². The van der Waals surface area contributed by atoms with Crippen molar-refractivity contribution in [2.24, 2.45) is 10.2 Å². The van der Waals surface area contributed by atoms with E-state index in [1.807, 2.05) is 0 Å². The van der Waals surface area contributed by atoms with E-state index >= 15 is 0 Å². The molecule has 0 unspecified atom stereocenters. The monoisotopic (exact) mass is 941 g/mol. The summed E-state index contributed by atoms with van der Waals surface area (Å²) < 4.78 is 140. The fourth-order valence-corrected chi connectivity index (χ4v) is 6.95. The van der Waals surface area contributed by atoms with E-state index in [1.54, 1.807) is 0 Å². The third-order valence-electron chi connectivity index (χ3n) is 6.66. The van der Waals surface area contributed by atoms with Crippen LogP contribution in [0.2, 0.25) is 5.28 Å². The minimum absolute atomic E-state index is 0. The molecule has 0 radical (unpaired) electrons. The molecule has 0 saturated heterocycles. The van der Waals surface area contributed by atoms with Crippen LogP contribution in [-0.4, -0.2) is 72.8 Å². The van der Waals surface area contributed by atoms with Gasteiger partial charge in [-0.3, -0.25) is 4.55 Å². The van der Waals surface area contributed by atoms with Crippen molar-refractivity contribution in [2.75, 3.05) is 10.6 Å². The maximum Gasteiger partial charge on any atom is 1.00 e. The molecule has 5 rings (SSSR count). The Kier molecular flexibility index (Phi) is 22.1. The first kappa shape index (κ1) is 57.5. The third kappa shape index (κ3) is 14.0. The third-order valence-corrected chi connectivity index (χ3v) is 10.2. The molecule has 3 N–H and O–H groups in total. The SMILES string of the molecule is O=C([O-])c1cc(S(=O)(=O)[O-])ccc1Nc1nc(Cl)nc(Nc2cc(S(=O)(=O)[O-])cc3cc(S(=O)(=O)O)c(N=Nc4ccccc4S(=O)(=O)[O-])c([O-])c23)n1.[Na+].[Na+].[Na+].[Na+].[Na+]. The van der Waals surface area contributed by atoms with E-state index in [0.29, 0.717) is 24.3 Å². The van der Waals surface area contributed by atoms with Crippen molar-refractivity contribution in [2.45, 2.75) is 19.6 Å². The zero-order valence-corrected chi connectivity index (χ0v) is 44.2. The Hall–Kier alpha value is -0.450. The first-order valence-corrected chi connectivity index (χ1v) is 19.5. The summed E-state index contributed by atoms with van der Waals surface area (Å²) in [4.78, 5) is 18.8. The summed E-state index contributed by atoms with van der Waals surface area (Å²) in [7, 11) is -21.1. The van der Waals surface area contributed by atoms with Crippen molar-refractivity contribution in [1.82, 2.24) is 15.0 Å². The molecule has 0 atom stereocenters. The Labute approximate surface area is 443 Å². The fourth-order valence-electron chi connectivity index (χ4n) is 4.49. The summed E-state index contributed by atoms with van der Waals surface area (Å²) in [5.41, 5.74) is -3.78. The normalized spacial score (nSPS) is 11.5. The molecule has 58 heavy (non-hydrogen) atoms. The predicted molar refractivity (Wildman–Crippen MR) is 170 cm³/mol. The molecule has 1 aromatic heterocycles. The van der Waals surface area contributed by atoms with Gasteiger partial charge in [-0.1, -0.05) is 17.9 Å². The number of carboxylic acid groups (broad SMARTS) is 1. The maximum absolute atomic E-state index is 13.9. The molecule has 0 aliphatic carbocycles. The summed E-state index contributed by atoms with van der Waals surface area (Å²) in [6.07, 6.45) is 0. The summed E-state index contributed by atoms with van der Waals surface area (Å²) in [6.45, 7) is 0. The molecule has 278 valence electrons. The molecule has 1 heterocycles. The predicted octanol–water partition coefficient (Wildman–Crippen LogP) is -14.0. The van der Waals surface area contributed by atoms with Crippen molar-refractivity contribution in [3.63, 3.8) is 0 Å². The first-order valence-electron chi connectivity index (χ1n) is 13.4. The number of nitrogens with zero attached hydrogens (tertiary/aromatic N) is 5. The number of benzene rings is 4. The number of hydrogen-bond donors (Lipinski definition) is 3. The van der Waals surface area contributed by atoms with Gasteiger partial charge in [-0.15, -0.1) is 10.2 Å². The van der Waals surface area contributed by atoms with Crippen molar-refractivity contribution in [3.8, 4) is 5.75 Å². The Morgan fingerprint density at radius 1 is 0.672 bits per heavy atom. The van der Waals surface area contributed by atoms with E-state index in [2.05, 4.69) is 35.8 Å². The van der Waals surface area contributed by atoms with Crippen LogP contribution in [0.15, 0.2) is 90.5 Å². The molecule has 4 aromatic carbocycles. The summed E-state index contributed by atoms with van der Waals surface area (Å²) in [5, 5.41) is 35.3. The number of hydrogen-bond acceptors (Lipinski definition) is 21. The van der Waals surface area contributed by atoms with E-state index in [0.717, 1.165) is 30.3 Å². The van der Waals surface area contributed by atoms with E-state index < -0.39 is 128 Å². The summed E-state index contributed by atoms with van der Waals surface area (Å²) >= 11 is 5.98. The number of aromatic nitrogens is 3. The standard InChI is InChI=1S/C26H18ClN7O15S4.5Na/c27-24-30-25(28-15-6-5-12(50(38,39)40)9-14(15)23(36)37)32-26(31-24)29-17-10-13(51(41,42)43)7-11-8-19(53(47,48)49)21(22(35)20(11)17)34-33-16-3-1-2-4-18(16)52(44,45)46;;;;;/h1-10,35H,(H,36,37)(H,38,39,40)(H,41,42,43)(H,44,45,46)(H,47,48,49)(H2,28,29,30,31,32);;;;;/q;5*+1/p-5. The van der Waals surface area contributed by atoms with Gasteiger partial charge in [0.05, 0.1) is 32.0 Å². The van der Waals surface area contributed by atoms with Crippen LogP contribution in [0, 0.1) is 0 Å². The van der Waals surface area contributed by atoms with Gasteiger partial charge in [-0.05, 0) is 70.9 Å². The smallest absolute Gasteiger partial charge is 0.870 e. The number of nitrogens with one attached hydrogen (secondary N) is 2. The van der Waals surface area contributed by atoms with Gasteiger partial charge in [0.1, 0.15) is 40.9 Å². The van der Waals surface area contributed by atoms with Gasteiger partial charge in [0.25, 0.3) is 10.1 Å². The molecule has 0 fully saturated rings. The Morgan fingerprint density at radius 2 is 1.22 bits per heavy atom. The zero-order valence-electron chi connectivity index (χ0n) is 30.2. The van der Waals surface area contributed by atoms with Crippen molar-refractivity contribution in [1.29, 1.82) is 0 Å². The van der Waals surface area contributed by atoms with Crippen LogP contribution in [0.4, 0.5) is 34.6 Å². The van der Waals surface area contributed by atoms with E-state index in [4.69, 9.17) is 11.6 Å². The second-order valence-electron chi connectivity index (χ2n) is 10.1. The molecule has 0 aliphatic rings. The van der Waals surface area contributed by atoms with Crippen LogP contribution in [0.3, 0.4) is 0 Å². The number of carbonyl (C=O) groups excluding carboxylic acids is 1. The van der Waals surface area contributed by atoms with Crippen LogP contribution in [0.25, 0.3) is 10.8 Å². The number of carboxylic acids is 1. The van der Waals surface area contributed by atoms with E-state index in [-0.39, 0.29) is 148 Å². The van der Waals surface area contributed by atoms with Gasteiger partial charge < -0.3 is 39.3 Å². The molecular formula is C26H13ClN7Na5O15S4. The number of halogens is 1. The summed E-state index contributed by atoms with van der Waals surface area (Å²) in [6, 6.07) is 7.91. The zero-order chi connectivity index (χ0) is 39.3. The number of anilines is 4. The number of carbonyl (C=O) groups is 1. The molecular weight excluding hydrogens is 929 g/mol. The largest absolute Gasteiger partial charge is 1.00 e. The second kappa shape index (κ2) is 22.3. The van der Waals surface area contributed by atoms with Gasteiger partial charge in [0.15, 0.2) is 0 Å². The van der Waals surface area contributed by atoms with Gasteiger partial charge in [0, 0.05) is 11.3 Å². The number of fused-ring (bicyclic) bond motifs is 1. The average molecular weight is 942 g/mol. The van der Waals surface area contributed by atoms with E-state index in [1.165, 1.54) is 6.07 Å². The van der Waals surface area contributed by atoms with Crippen LogP contribution in [0.1, 0.15) is 10.4 Å². The molecule has 0 bridgehead atoms. The van der Waals surface area contributed by atoms with Crippen LogP contribution in [-0.2, 0) is 40.5 Å². The van der Waals surface area contributed by atoms with Gasteiger partial charge in [-0.25, -0.2) is 25.3 Å². The number of rotatable bonds is 11. The van der Waals surface area contributed by atoms with Gasteiger partial charge in [0.2, 0.25) is 17.2 Å². The van der Waals surface area contributed by atoms with Crippen LogP contribution < -0.4 is 169 Å². The van der Waals surface area contributed by atoms with Crippen LogP contribution >= 0.6 is 11.6 Å². The minimum Gasteiger partial charge on any atom is -0.870 e. The fraction of sp³-hybridized carbons (Fsp3) is 0. The van der Waals surface area contributed by atoms with Crippen LogP contribution in [0.5, 0.6) is 5.75 Å². The Balaban J connectivity index is 0.00000650. The van der Waals surface area contributed by atoms with Crippen molar-refractivity contribution >= 4 is 103 Å². The molecule has 22 nitrogen and oxygen atoms in total. The van der Waals surface area contributed by atoms with Gasteiger partial charge in [-0.2, -0.15) is 23.4 Å². The molecule has 0 spiro atoms. The average Bonchev–Trinajstić information content (AvgIpc) is 3.02. The Bertz CT molecular complexity index is 2880. The first-order chi connectivity index (χ1) is 24.4. The number of aromatic carboxylic acids is 1. The molecule has 0 aliphatic heterocycles. The quantitative estimate of drug-likeness (QED) is 0.0629. The Morgan fingerprint density at radius 3 is 1.74 bits per heavy atom. The summed E-state index contributed by atoms with van der Waals surface area (Å²) in [5.74, 6) is -4.65. The minimum atomic E-state index is -5.41. The van der Waals surface area contributed by atoms with Gasteiger partial charge >= 0.3 is 148 Å². The molecule has 0 saturated carbocycles. The van der Waals surface area contributed by atoms with Crippen molar-refractivity contribution < 1.29 is 215 Å². The topological polar surface area (TPSA) is 377 Å². The number of azo groups is 1. The maximum atomic E-state index is 13.9.